The average molecular weight is 376 g/mol. The predicted octanol–water partition coefficient (Wildman–Crippen LogP) is 3.01. The van der Waals surface area contributed by atoms with Gasteiger partial charge in [0.15, 0.2) is 0 Å². The van der Waals surface area contributed by atoms with Crippen LogP contribution >= 0.6 is 0 Å². The lowest BCUT2D eigenvalue weighted by Gasteiger charge is -2.37. The van der Waals surface area contributed by atoms with Crippen molar-refractivity contribution in [3.63, 3.8) is 0 Å². The van der Waals surface area contributed by atoms with E-state index in [-0.39, 0.29) is 23.9 Å². The molecule has 6 nitrogen and oxygen atoms in total. The van der Waals surface area contributed by atoms with Gasteiger partial charge in [0, 0.05) is 39.3 Å². The zero-order valence-electron chi connectivity index (χ0n) is 17.5. The van der Waals surface area contributed by atoms with Crippen LogP contribution in [0.15, 0.2) is 18.2 Å². The standard InChI is InChI=1S/C21H33N3O3/c1-7-8-11-24(15(2)3)20(25)13-17-14-27-19-10-9-16(21(26)22(4)5)12-18(19)23(17)6/h9-10,12,15,17H,7-8,11,13-14H2,1-6H3/t17-/m1/s1. The van der Waals surface area contributed by atoms with Crippen LogP contribution in [-0.2, 0) is 4.79 Å². The Morgan fingerprint density at radius 2 is 2.00 bits per heavy atom. The molecule has 0 radical (unpaired) electrons. The molecular weight excluding hydrogens is 342 g/mol. The summed E-state index contributed by atoms with van der Waals surface area (Å²) in [5, 5.41) is 0. The Morgan fingerprint density at radius 3 is 2.59 bits per heavy atom. The SMILES string of the molecule is CCCCN(C(=O)C[C@@H]1COc2ccc(C(=O)N(C)C)cc2N1C)C(C)C. The number of carbonyl (C=O) groups is 2. The van der Waals surface area contributed by atoms with Gasteiger partial charge in [0.2, 0.25) is 5.91 Å². The maximum Gasteiger partial charge on any atom is 0.253 e. The zero-order chi connectivity index (χ0) is 20.1. The maximum absolute atomic E-state index is 12.9. The van der Waals surface area contributed by atoms with Crippen LogP contribution in [0.2, 0.25) is 0 Å². The first-order valence-corrected chi connectivity index (χ1v) is 9.77. The summed E-state index contributed by atoms with van der Waals surface area (Å²) in [6.45, 7) is 7.51. The molecule has 1 aliphatic heterocycles. The van der Waals surface area contributed by atoms with Crippen LogP contribution in [0, 0.1) is 0 Å². The molecular formula is C21H33N3O3. The lowest BCUT2D eigenvalue weighted by Crippen LogP contribution is -2.46. The Kier molecular flexibility index (Phi) is 7.11. The first-order chi connectivity index (χ1) is 12.8. The van der Waals surface area contributed by atoms with Gasteiger partial charge >= 0.3 is 0 Å². The molecule has 0 saturated heterocycles. The van der Waals surface area contributed by atoms with Gasteiger partial charge < -0.3 is 19.4 Å². The highest BCUT2D eigenvalue weighted by Crippen LogP contribution is 2.35. The van der Waals surface area contributed by atoms with Crippen LogP contribution in [0.1, 0.15) is 50.4 Å². The Hall–Kier alpha value is -2.24. The molecule has 1 aromatic carbocycles. The normalized spacial score (nSPS) is 16.0. The van der Waals surface area contributed by atoms with Crippen LogP contribution in [0.4, 0.5) is 5.69 Å². The van der Waals surface area contributed by atoms with Gasteiger partial charge in [0.05, 0.1) is 18.2 Å². The van der Waals surface area contributed by atoms with Crippen LogP contribution in [0.25, 0.3) is 0 Å². The van der Waals surface area contributed by atoms with E-state index >= 15 is 0 Å². The smallest absolute Gasteiger partial charge is 0.253 e. The molecule has 6 heteroatoms. The average Bonchev–Trinajstić information content (AvgIpc) is 2.63. The summed E-state index contributed by atoms with van der Waals surface area (Å²) in [6, 6.07) is 5.62. The highest BCUT2D eigenvalue weighted by molar-refractivity contribution is 5.95. The monoisotopic (exact) mass is 375 g/mol. The van der Waals surface area contributed by atoms with E-state index < -0.39 is 0 Å². The zero-order valence-corrected chi connectivity index (χ0v) is 17.5. The number of benzene rings is 1. The van der Waals surface area contributed by atoms with Crippen LogP contribution in [-0.4, -0.2) is 68.0 Å². The molecule has 0 bridgehead atoms. The molecule has 1 aliphatic rings. The number of ether oxygens (including phenoxy) is 1. The van der Waals surface area contributed by atoms with Crippen LogP contribution in [0.5, 0.6) is 5.75 Å². The number of nitrogens with zero attached hydrogens (tertiary/aromatic N) is 3. The van der Waals surface area contributed by atoms with E-state index in [2.05, 4.69) is 25.7 Å². The van der Waals surface area contributed by atoms with E-state index in [1.165, 1.54) is 0 Å². The number of hydrogen-bond donors (Lipinski definition) is 0. The van der Waals surface area contributed by atoms with E-state index in [1.807, 2.05) is 24.1 Å². The number of anilines is 1. The van der Waals surface area contributed by atoms with Gasteiger partial charge in [-0.2, -0.15) is 0 Å². The topological polar surface area (TPSA) is 53.1 Å². The minimum Gasteiger partial charge on any atom is -0.489 e. The van der Waals surface area contributed by atoms with Crippen molar-refractivity contribution < 1.29 is 14.3 Å². The molecule has 1 atom stereocenters. The number of rotatable bonds is 7. The van der Waals surface area contributed by atoms with E-state index in [0.29, 0.717) is 18.6 Å². The van der Waals surface area contributed by atoms with Gasteiger partial charge in [-0.3, -0.25) is 9.59 Å². The number of hydrogen-bond acceptors (Lipinski definition) is 4. The largest absolute Gasteiger partial charge is 0.489 e. The molecule has 0 saturated carbocycles. The first-order valence-electron chi connectivity index (χ1n) is 9.77. The van der Waals surface area contributed by atoms with Gasteiger partial charge in [-0.25, -0.2) is 0 Å². The molecule has 1 aromatic rings. The summed E-state index contributed by atoms with van der Waals surface area (Å²) in [7, 11) is 5.44. The summed E-state index contributed by atoms with van der Waals surface area (Å²) in [4.78, 5) is 30.7. The molecule has 0 aromatic heterocycles. The summed E-state index contributed by atoms with van der Waals surface area (Å²) in [6.07, 6.45) is 2.49. The van der Waals surface area contributed by atoms with Gasteiger partial charge in [0.1, 0.15) is 12.4 Å². The third-order valence-electron chi connectivity index (χ3n) is 5.08. The van der Waals surface area contributed by atoms with Crippen molar-refractivity contribution in [3.05, 3.63) is 23.8 Å². The van der Waals surface area contributed by atoms with Crippen molar-refractivity contribution in [1.82, 2.24) is 9.80 Å². The summed E-state index contributed by atoms with van der Waals surface area (Å²) >= 11 is 0. The highest BCUT2D eigenvalue weighted by atomic mass is 16.5. The second-order valence-corrected chi connectivity index (χ2v) is 7.70. The fraction of sp³-hybridized carbons (Fsp3) is 0.619. The molecule has 0 spiro atoms. The number of carbonyl (C=O) groups excluding carboxylic acids is 2. The molecule has 0 N–H and O–H groups in total. The second-order valence-electron chi connectivity index (χ2n) is 7.70. The molecule has 2 amide bonds. The fourth-order valence-electron chi connectivity index (χ4n) is 3.31. The molecule has 27 heavy (non-hydrogen) atoms. The van der Waals surface area contributed by atoms with E-state index in [0.717, 1.165) is 30.8 Å². The molecule has 2 rings (SSSR count). The van der Waals surface area contributed by atoms with E-state index in [1.54, 1.807) is 25.1 Å². The van der Waals surface area contributed by atoms with E-state index in [9.17, 15) is 9.59 Å². The Balaban J connectivity index is 2.15. The van der Waals surface area contributed by atoms with Gasteiger partial charge in [-0.15, -0.1) is 0 Å². The van der Waals surface area contributed by atoms with Crippen molar-refractivity contribution in [1.29, 1.82) is 0 Å². The maximum atomic E-state index is 12.9. The Morgan fingerprint density at radius 1 is 1.30 bits per heavy atom. The van der Waals surface area contributed by atoms with Crippen LogP contribution < -0.4 is 9.64 Å². The molecule has 0 aliphatic carbocycles. The second kappa shape index (κ2) is 9.11. The highest BCUT2D eigenvalue weighted by Gasteiger charge is 2.29. The lowest BCUT2D eigenvalue weighted by molar-refractivity contribution is -0.133. The van der Waals surface area contributed by atoms with Gasteiger partial charge in [-0.1, -0.05) is 13.3 Å². The quantitative estimate of drug-likeness (QED) is 0.735. The Labute approximate surface area is 163 Å². The van der Waals surface area contributed by atoms with E-state index in [4.69, 9.17) is 4.74 Å². The summed E-state index contributed by atoms with van der Waals surface area (Å²) in [5.74, 6) is 0.862. The minimum absolute atomic E-state index is 0.0439. The van der Waals surface area contributed by atoms with Crippen molar-refractivity contribution in [2.45, 2.75) is 52.1 Å². The first kappa shape index (κ1) is 21.1. The van der Waals surface area contributed by atoms with Crippen molar-refractivity contribution in [2.75, 3.05) is 39.2 Å². The third-order valence-corrected chi connectivity index (χ3v) is 5.08. The van der Waals surface area contributed by atoms with Crippen molar-refractivity contribution in [2.24, 2.45) is 0 Å². The molecule has 0 fully saturated rings. The third kappa shape index (κ3) is 4.93. The van der Waals surface area contributed by atoms with Gasteiger partial charge in [-0.05, 0) is 38.5 Å². The number of amides is 2. The number of unbranched alkanes of at least 4 members (excludes halogenated alkanes) is 1. The minimum atomic E-state index is -0.0463. The summed E-state index contributed by atoms with van der Waals surface area (Å²) in [5.41, 5.74) is 1.48. The fourth-order valence-corrected chi connectivity index (χ4v) is 3.31. The summed E-state index contributed by atoms with van der Waals surface area (Å²) < 4.78 is 5.89. The van der Waals surface area contributed by atoms with Crippen molar-refractivity contribution in [3.8, 4) is 5.75 Å². The molecule has 1 heterocycles. The molecule has 150 valence electrons. The number of fused-ring (bicyclic) bond motifs is 1. The predicted molar refractivity (Wildman–Crippen MR) is 109 cm³/mol. The van der Waals surface area contributed by atoms with Crippen molar-refractivity contribution >= 4 is 17.5 Å². The van der Waals surface area contributed by atoms with Gasteiger partial charge in [0.25, 0.3) is 5.91 Å². The van der Waals surface area contributed by atoms with Crippen LogP contribution in [0.3, 0.4) is 0 Å². The lowest BCUT2D eigenvalue weighted by atomic mass is 10.1. The molecule has 0 unspecified atom stereocenters. The number of likely N-dealkylation sites (N-methyl/N-ethyl adjacent to an activating group) is 1. The Bertz CT molecular complexity index is 673.